The minimum Gasteiger partial charge on any atom is -0.480 e. The van der Waals surface area contributed by atoms with E-state index in [2.05, 4.69) is 10.3 Å². The van der Waals surface area contributed by atoms with Gasteiger partial charge in [0.25, 0.3) is 0 Å². The molecule has 2 heterocycles. The molecule has 0 spiro atoms. The molecule has 1 saturated heterocycles. The molecule has 1 aliphatic heterocycles. The second-order valence-electron chi connectivity index (χ2n) is 3.50. The maximum absolute atomic E-state index is 10.7. The molecule has 0 bridgehead atoms. The van der Waals surface area contributed by atoms with Crippen molar-refractivity contribution >= 4 is 5.97 Å². The van der Waals surface area contributed by atoms with E-state index in [1.54, 1.807) is 6.20 Å². The number of aliphatic carboxylic acids is 1. The van der Waals surface area contributed by atoms with Gasteiger partial charge >= 0.3 is 5.97 Å². The molecular weight excluding hydrogens is 184 g/mol. The van der Waals surface area contributed by atoms with Crippen LogP contribution in [-0.2, 0) is 4.79 Å². The fourth-order valence-electron chi connectivity index (χ4n) is 1.67. The van der Waals surface area contributed by atoms with Gasteiger partial charge in [0.05, 0.1) is 12.2 Å². The smallest absolute Gasteiger partial charge is 0.320 e. The van der Waals surface area contributed by atoms with Crippen molar-refractivity contribution in [3.05, 3.63) is 17.8 Å². The molecule has 5 heteroatoms. The van der Waals surface area contributed by atoms with E-state index in [0.717, 1.165) is 12.2 Å². The van der Waals surface area contributed by atoms with Crippen LogP contribution < -0.4 is 5.32 Å². The average molecular weight is 196 g/mol. The van der Waals surface area contributed by atoms with E-state index in [0.29, 0.717) is 12.3 Å². The molecule has 2 rings (SSSR count). The number of nitrogens with zero attached hydrogens (tertiary/aromatic N) is 1. The molecule has 1 aliphatic rings. The highest BCUT2D eigenvalue weighted by atomic mass is 16.4. The second-order valence-corrected chi connectivity index (χ2v) is 3.50. The third kappa shape index (κ3) is 1.63. The lowest BCUT2D eigenvalue weighted by molar-refractivity contribution is -0.139. The van der Waals surface area contributed by atoms with E-state index >= 15 is 0 Å². The average Bonchev–Trinajstić information content (AvgIpc) is 2.70. The van der Waals surface area contributed by atoms with E-state index in [1.165, 1.54) is 0 Å². The molecule has 5 nitrogen and oxygen atoms in total. The Morgan fingerprint density at radius 1 is 1.71 bits per heavy atom. The minimum absolute atomic E-state index is 0.0511. The Morgan fingerprint density at radius 3 is 3.00 bits per heavy atom. The number of oxazole rings is 1. The van der Waals surface area contributed by atoms with Crippen molar-refractivity contribution < 1.29 is 14.3 Å². The highest BCUT2D eigenvalue weighted by molar-refractivity contribution is 5.73. The van der Waals surface area contributed by atoms with Crippen molar-refractivity contribution in [2.24, 2.45) is 0 Å². The Hall–Kier alpha value is -1.36. The fraction of sp³-hybridized carbons (Fsp3) is 0.556. The zero-order valence-corrected chi connectivity index (χ0v) is 7.86. The summed E-state index contributed by atoms with van der Waals surface area (Å²) in [6, 6.07) is -0.517. The molecule has 76 valence electrons. The van der Waals surface area contributed by atoms with Gasteiger partial charge in [-0.25, -0.2) is 4.98 Å². The van der Waals surface area contributed by atoms with Crippen LogP contribution in [0.3, 0.4) is 0 Å². The monoisotopic (exact) mass is 196 g/mol. The summed E-state index contributed by atoms with van der Waals surface area (Å²) in [6.07, 6.45) is 3.03. The summed E-state index contributed by atoms with van der Waals surface area (Å²) < 4.78 is 5.33. The number of hydrogen-bond acceptors (Lipinski definition) is 4. The van der Waals surface area contributed by atoms with Gasteiger partial charge in [-0.05, 0) is 19.8 Å². The van der Waals surface area contributed by atoms with E-state index in [1.807, 2.05) is 6.92 Å². The number of nitrogens with one attached hydrogen (secondary N) is 1. The lowest BCUT2D eigenvalue weighted by Crippen LogP contribution is -2.31. The summed E-state index contributed by atoms with van der Waals surface area (Å²) in [5.74, 6) is 0.530. The van der Waals surface area contributed by atoms with E-state index in [4.69, 9.17) is 9.52 Å². The Balaban J connectivity index is 2.05. The Bertz CT molecular complexity index is 348. The number of carboxylic acids is 1. The first-order valence-electron chi connectivity index (χ1n) is 4.58. The van der Waals surface area contributed by atoms with Gasteiger partial charge in [0.1, 0.15) is 11.8 Å². The van der Waals surface area contributed by atoms with Gasteiger partial charge in [-0.3, -0.25) is 10.1 Å². The van der Waals surface area contributed by atoms with Crippen molar-refractivity contribution in [2.45, 2.75) is 31.8 Å². The summed E-state index contributed by atoms with van der Waals surface area (Å²) in [6.45, 7) is 1.82. The van der Waals surface area contributed by atoms with Crippen molar-refractivity contribution in [2.75, 3.05) is 0 Å². The lowest BCUT2D eigenvalue weighted by atomic mass is 10.2. The molecular formula is C9H12N2O3. The highest BCUT2D eigenvalue weighted by Crippen LogP contribution is 2.25. The summed E-state index contributed by atoms with van der Waals surface area (Å²) in [5.41, 5.74) is 0. The first-order chi connectivity index (χ1) is 6.66. The first kappa shape index (κ1) is 9.21. The predicted molar refractivity (Wildman–Crippen MR) is 47.8 cm³/mol. The van der Waals surface area contributed by atoms with Crippen LogP contribution in [-0.4, -0.2) is 22.1 Å². The van der Waals surface area contributed by atoms with Crippen molar-refractivity contribution in [3.63, 3.8) is 0 Å². The molecule has 0 radical (unpaired) electrons. The number of carbonyl (C=O) groups is 1. The fourth-order valence-corrected chi connectivity index (χ4v) is 1.67. The highest BCUT2D eigenvalue weighted by Gasteiger charge is 2.31. The van der Waals surface area contributed by atoms with Crippen LogP contribution in [0.1, 0.15) is 30.5 Å². The first-order valence-corrected chi connectivity index (χ1v) is 4.58. The summed E-state index contributed by atoms with van der Waals surface area (Å²) >= 11 is 0. The standard InChI is InChI=1S/C9H12N2O3/c1-5-4-10-8(14-5)6-2-3-7(11-6)9(12)13/h4,6-7,11H,2-3H2,1H3,(H,12,13). The number of aryl methyl sites for hydroxylation is 1. The van der Waals surface area contributed by atoms with Crippen molar-refractivity contribution in [1.29, 1.82) is 0 Å². The number of rotatable bonds is 2. The van der Waals surface area contributed by atoms with Gasteiger partial charge in [0, 0.05) is 0 Å². The maximum atomic E-state index is 10.7. The minimum atomic E-state index is -0.809. The quantitative estimate of drug-likeness (QED) is 0.733. The van der Waals surface area contributed by atoms with E-state index in [-0.39, 0.29) is 6.04 Å². The summed E-state index contributed by atoms with van der Waals surface area (Å²) in [5, 5.41) is 11.7. The molecule has 1 aromatic rings. The molecule has 0 aliphatic carbocycles. The second kappa shape index (κ2) is 3.42. The van der Waals surface area contributed by atoms with Gasteiger partial charge < -0.3 is 9.52 Å². The molecule has 0 saturated carbocycles. The number of carboxylic acid groups (broad SMARTS) is 1. The molecule has 0 aromatic carbocycles. The largest absolute Gasteiger partial charge is 0.480 e. The number of aromatic nitrogens is 1. The van der Waals surface area contributed by atoms with E-state index in [9.17, 15) is 4.79 Å². The number of hydrogen-bond donors (Lipinski definition) is 2. The predicted octanol–water partition coefficient (Wildman–Crippen LogP) is 0.861. The molecule has 1 fully saturated rings. The van der Waals surface area contributed by atoms with Gasteiger partial charge in [-0.1, -0.05) is 0 Å². The van der Waals surface area contributed by atoms with Gasteiger partial charge in [-0.2, -0.15) is 0 Å². The van der Waals surface area contributed by atoms with E-state index < -0.39 is 12.0 Å². The normalized spacial score (nSPS) is 26.6. The zero-order valence-electron chi connectivity index (χ0n) is 7.86. The van der Waals surface area contributed by atoms with Crippen molar-refractivity contribution in [3.8, 4) is 0 Å². The molecule has 14 heavy (non-hydrogen) atoms. The molecule has 2 atom stereocenters. The van der Waals surface area contributed by atoms with Crippen LogP contribution in [0.4, 0.5) is 0 Å². The SMILES string of the molecule is Cc1cnc(C2CCC(C(=O)O)N2)o1. The third-order valence-corrected chi connectivity index (χ3v) is 2.38. The molecule has 1 aromatic heterocycles. The summed E-state index contributed by atoms with van der Waals surface area (Å²) in [7, 11) is 0. The third-order valence-electron chi connectivity index (χ3n) is 2.38. The zero-order chi connectivity index (χ0) is 10.1. The van der Waals surface area contributed by atoms with Crippen LogP contribution in [0.25, 0.3) is 0 Å². The van der Waals surface area contributed by atoms with Crippen LogP contribution in [0.15, 0.2) is 10.6 Å². The van der Waals surface area contributed by atoms with Gasteiger partial charge in [0.2, 0.25) is 5.89 Å². The van der Waals surface area contributed by atoms with Crippen LogP contribution in [0.5, 0.6) is 0 Å². The topological polar surface area (TPSA) is 75.4 Å². The summed E-state index contributed by atoms with van der Waals surface area (Å²) in [4.78, 5) is 14.7. The van der Waals surface area contributed by atoms with Crippen molar-refractivity contribution in [1.82, 2.24) is 10.3 Å². The lowest BCUT2D eigenvalue weighted by Gasteiger charge is -2.07. The Labute approximate surface area is 81.1 Å². The molecule has 2 unspecified atom stereocenters. The van der Waals surface area contributed by atoms with Gasteiger partial charge in [0.15, 0.2) is 0 Å². The Kier molecular flexibility index (Phi) is 2.25. The Morgan fingerprint density at radius 2 is 2.50 bits per heavy atom. The molecule has 2 N–H and O–H groups in total. The van der Waals surface area contributed by atoms with Crippen LogP contribution in [0, 0.1) is 6.92 Å². The van der Waals surface area contributed by atoms with Gasteiger partial charge in [-0.15, -0.1) is 0 Å². The van der Waals surface area contributed by atoms with Crippen LogP contribution in [0.2, 0.25) is 0 Å². The molecule has 0 amide bonds. The van der Waals surface area contributed by atoms with Crippen LogP contribution >= 0.6 is 0 Å². The maximum Gasteiger partial charge on any atom is 0.320 e.